The molecule has 2 N–H and O–H groups in total. The number of nitrogens with two attached hydrogens (primary N) is 1. The van der Waals surface area contributed by atoms with Crippen LogP contribution in [0.2, 0.25) is 5.02 Å². The van der Waals surface area contributed by atoms with Gasteiger partial charge in [0.2, 0.25) is 15.9 Å². The molecule has 1 aliphatic rings. The highest BCUT2D eigenvalue weighted by atomic mass is 127. The number of primary sulfonamides is 1. The van der Waals surface area contributed by atoms with E-state index in [4.69, 9.17) is 16.7 Å². The molecule has 0 radical (unpaired) electrons. The maximum Gasteiger partial charge on any atom is 0.228 e. The van der Waals surface area contributed by atoms with Crippen LogP contribution in [0, 0.1) is 9.49 Å². The molecule has 1 aromatic rings. The summed E-state index contributed by atoms with van der Waals surface area (Å²) < 4.78 is 22.9. The molecule has 1 atom stereocenters. The first-order valence-corrected chi connectivity index (χ1v) is 8.55. The second-order valence-corrected chi connectivity index (χ2v) is 7.62. The van der Waals surface area contributed by atoms with Crippen LogP contribution in [0.1, 0.15) is 6.42 Å². The minimum atomic E-state index is -3.58. The topological polar surface area (TPSA) is 93.4 Å². The Morgan fingerprint density at radius 3 is 2.84 bits per heavy atom. The molecule has 0 spiro atoms. The van der Waals surface area contributed by atoms with Crippen LogP contribution in [0.3, 0.4) is 0 Å². The summed E-state index contributed by atoms with van der Waals surface area (Å²) in [7, 11) is -3.58. The van der Waals surface area contributed by atoms with Crippen LogP contribution in [0.15, 0.2) is 12.3 Å². The second-order valence-electron chi connectivity index (χ2n) is 4.36. The summed E-state index contributed by atoms with van der Waals surface area (Å²) in [4.78, 5) is 17.5. The number of pyridine rings is 1. The predicted octanol–water partition coefficient (Wildman–Crippen LogP) is 0.981. The van der Waals surface area contributed by atoms with Gasteiger partial charge in [0.15, 0.2) is 0 Å². The molecule has 2 rings (SSSR count). The second kappa shape index (κ2) is 5.51. The van der Waals surface area contributed by atoms with Crippen molar-refractivity contribution in [1.82, 2.24) is 4.98 Å². The van der Waals surface area contributed by atoms with Gasteiger partial charge in [-0.3, -0.25) is 9.69 Å². The van der Waals surface area contributed by atoms with Crippen LogP contribution in [0.4, 0.5) is 5.82 Å². The van der Waals surface area contributed by atoms with E-state index in [1.807, 2.05) is 22.6 Å². The molecule has 104 valence electrons. The van der Waals surface area contributed by atoms with Crippen molar-refractivity contribution >= 4 is 55.9 Å². The third-order valence-electron chi connectivity index (χ3n) is 2.72. The van der Waals surface area contributed by atoms with E-state index in [0.29, 0.717) is 17.4 Å². The number of halogens is 2. The first-order chi connectivity index (χ1) is 8.76. The van der Waals surface area contributed by atoms with Gasteiger partial charge in [-0.05, 0) is 28.7 Å². The molecule has 0 saturated carbocycles. The summed E-state index contributed by atoms with van der Waals surface area (Å²) in [5.41, 5.74) is 0. The molecule has 1 unspecified atom stereocenters. The van der Waals surface area contributed by atoms with Crippen molar-refractivity contribution in [3.05, 3.63) is 20.9 Å². The molecule has 1 fully saturated rings. The minimum Gasteiger partial charge on any atom is -0.296 e. The number of sulfonamides is 1. The van der Waals surface area contributed by atoms with E-state index < -0.39 is 10.0 Å². The monoisotopic (exact) mass is 415 g/mol. The summed E-state index contributed by atoms with van der Waals surface area (Å²) in [6.07, 6.45) is 1.62. The van der Waals surface area contributed by atoms with E-state index in [9.17, 15) is 13.2 Å². The fraction of sp³-hybridized carbons (Fsp3) is 0.400. The average Bonchev–Trinajstić information content (AvgIpc) is 2.56. The van der Waals surface area contributed by atoms with Crippen LogP contribution in [0.5, 0.6) is 0 Å². The first kappa shape index (κ1) is 14.9. The predicted molar refractivity (Wildman–Crippen MR) is 80.4 cm³/mol. The zero-order chi connectivity index (χ0) is 14.2. The van der Waals surface area contributed by atoms with Gasteiger partial charge >= 0.3 is 0 Å². The van der Waals surface area contributed by atoms with Gasteiger partial charge < -0.3 is 0 Å². The lowest BCUT2D eigenvalue weighted by atomic mass is 10.1. The smallest absolute Gasteiger partial charge is 0.228 e. The van der Waals surface area contributed by atoms with E-state index >= 15 is 0 Å². The quantitative estimate of drug-likeness (QED) is 0.745. The van der Waals surface area contributed by atoms with Gasteiger partial charge in [0, 0.05) is 25.1 Å². The molecule has 0 aromatic carbocycles. The van der Waals surface area contributed by atoms with Gasteiger partial charge in [-0.25, -0.2) is 18.5 Å². The lowest BCUT2D eigenvalue weighted by Crippen LogP contribution is -2.28. The zero-order valence-electron chi connectivity index (χ0n) is 9.71. The number of hydrogen-bond donors (Lipinski definition) is 1. The normalized spacial score (nSPS) is 20.1. The molecule has 1 aliphatic heterocycles. The number of carbonyl (C=O) groups is 1. The van der Waals surface area contributed by atoms with Gasteiger partial charge in [-0.1, -0.05) is 11.6 Å². The third-order valence-corrected chi connectivity index (χ3v) is 4.65. The van der Waals surface area contributed by atoms with Crippen LogP contribution in [-0.2, 0) is 14.8 Å². The van der Waals surface area contributed by atoms with Crippen molar-refractivity contribution in [2.24, 2.45) is 11.1 Å². The van der Waals surface area contributed by atoms with Crippen LogP contribution in [-0.4, -0.2) is 31.6 Å². The van der Waals surface area contributed by atoms with Crippen molar-refractivity contribution in [3.8, 4) is 0 Å². The molecule has 6 nitrogen and oxygen atoms in total. The summed E-state index contributed by atoms with van der Waals surface area (Å²) in [5.74, 6) is -0.136. The lowest BCUT2D eigenvalue weighted by molar-refractivity contribution is -0.117. The molecule has 0 aliphatic carbocycles. The number of rotatable bonds is 3. The molecule has 1 saturated heterocycles. The molecular formula is C10H11ClIN3O3S. The summed E-state index contributed by atoms with van der Waals surface area (Å²) in [6.45, 7) is 0.305. The van der Waals surface area contributed by atoms with E-state index in [-0.39, 0.29) is 24.0 Å². The van der Waals surface area contributed by atoms with E-state index in [1.165, 1.54) is 11.1 Å². The standard InChI is InChI=1S/C10H11ClIN3O3S/c11-7-2-8(12)10(14-3-7)15-4-6(1-9(15)16)5-19(13,17)18/h2-3,6H,1,4-5H2,(H2,13,17,18). The largest absolute Gasteiger partial charge is 0.296 e. The Morgan fingerprint density at radius 2 is 2.26 bits per heavy atom. The SMILES string of the molecule is NS(=O)(=O)CC1CC(=O)N(c2ncc(Cl)cc2I)C1. The molecule has 9 heteroatoms. The fourth-order valence-electron chi connectivity index (χ4n) is 2.03. The summed E-state index contributed by atoms with van der Waals surface area (Å²) in [5, 5.41) is 5.49. The van der Waals surface area contributed by atoms with Gasteiger partial charge in [0.05, 0.1) is 14.3 Å². The molecule has 19 heavy (non-hydrogen) atoms. The van der Waals surface area contributed by atoms with Gasteiger partial charge in [-0.15, -0.1) is 0 Å². The van der Waals surface area contributed by atoms with Crippen molar-refractivity contribution < 1.29 is 13.2 Å². The molecular weight excluding hydrogens is 405 g/mol. The number of anilines is 1. The minimum absolute atomic E-state index is 0.151. The van der Waals surface area contributed by atoms with Crippen molar-refractivity contribution in [1.29, 1.82) is 0 Å². The van der Waals surface area contributed by atoms with Crippen molar-refractivity contribution in [2.45, 2.75) is 6.42 Å². The third kappa shape index (κ3) is 3.77. The lowest BCUT2D eigenvalue weighted by Gasteiger charge is -2.17. The zero-order valence-corrected chi connectivity index (χ0v) is 13.4. The highest BCUT2D eigenvalue weighted by Gasteiger charge is 2.34. The average molecular weight is 416 g/mol. The number of amides is 1. The highest BCUT2D eigenvalue weighted by molar-refractivity contribution is 14.1. The van der Waals surface area contributed by atoms with Gasteiger partial charge in [0.1, 0.15) is 5.82 Å². The number of hydrogen-bond acceptors (Lipinski definition) is 4. The van der Waals surface area contributed by atoms with Crippen molar-refractivity contribution in [2.75, 3.05) is 17.2 Å². The maximum absolute atomic E-state index is 11.9. The van der Waals surface area contributed by atoms with E-state index in [0.717, 1.165) is 3.57 Å². The highest BCUT2D eigenvalue weighted by Crippen LogP contribution is 2.29. The first-order valence-electron chi connectivity index (χ1n) is 5.38. The van der Waals surface area contributed by atoms with Gasteiger partial charge in [0.25, 0.3) is 0 Å². The van der Waals surface area contributed by atoms with Crippen LogP contribution in [0.25, 0.3) is 0 Å². The number of aromatic nitrogens is 1. The van der Waals surface area contributed by atoms with E-state index in [1.54, 1.807) is 6.07 Å². The molecule has 1 aromatic heterocycles. The Balaban J connectivity index is 2.20. The van der Waals surface area contributed by atoms with Crippen LogP contribution >= 0.6 is 34.2 Å². The number of carbonyl (C=O) groups excluding carboxylic acids is 1. The maximum atomic E-state index is 11.9. The van der Waals surface area contributed by atoms with Crippen molar-refractivity contribution in [3.63, 3.8) is 0 Å². The Bertz CT molecular complexity index is 622. The Hall–Kier alpha value is -0.450. The molecule has 2 heterocycles. The van der Waals surface area contributed by atoms with Gasteiger partial charge in [-0.2, -0.15) is 0 Å². The summed E-state index contributed by atoms with van der Waals surface area (Å²) in [6, 6.07) is 1.70. The summed E-state index contributed by atoms with van der Waals surface area (Å²) >= 11 is 7.85. The molecule has 1 amide bonds. The Labute approximate surface area is 129 Å². The van der Waals surface area contributed by atoms with E-state index in [2.05, 4.69) is 4.98 Å². The Kier molecular flexibility index (Phi) is 4.33. The number of nitrogens with zero attached hydrogens (tertiary/aromatic N) is 2. The van der Waals surface area contributed by atoms with Crippen LogP contribution < -0.4 is 10.0 Å². The molecule has 0 bridgehead atoms. The fourth-order valence-corrected chi connectivity index (χ4v) is 4.02. The Morgan fingerprint density at radius 1 is 1.58 bits per heavy atom.